The second-order valence-electron chi connectivity index (χ2n) is 3.87. The van der Waals surface area contributed by atoms with Gasteiger partial charge in [0.05, 0.1) is 5.75 Å². The molecule has 96 valence electrons. The highest BCUT2D eigenvalue weighted by atomic mass is 32.2. The van der Waals surface area contributed by atoms with Gasteiger partial charge in [0.25, 0.3) is 0 Å². The van der Waals surface area contributed by atoms with Gasteiger partial charge < -0.3 is 0 Å². The topological polar surface area (TPSA) is 80.6 Å². The van der Waals surface area contributed by atoms with Crippen LogP contribution in [0.5, 0.6) is 0 Å². The van der Waals surface area contributed by atoms with Crippen LogP contribution in [0.2, 0.25) is 0 Å². The molecular weight excluding hydrogens is 272 g/mol. The summed E-state index contributed by atoms with van der Waals surface area (Å²) in [4.78, 5) is 3.92. The highest BCUT2D eigenvalue weighted by Gasteiger charge is 2.10. The smallest absolute Gasteiger partial charge is 0.195 e. The lowest BCUT2D eigenvalue weighted by Gasteiger charge is -2.05. The molecule has 0 saturated carbocycles. The number of H-pyrrole nitrogens is 1. The Labute approximate surface area is 110 Å². The Balaban J connectivity index is 2.37. The molecule has 0 spiro atoms. The van der Waals surface area contributed by atoms with Crippen LogP contribution in [-0.4, -0.2) is 40.2 Å². The summed E-state index contributed by atoms with van der Waals surface area (Å²) in [6, 6.07) is 3.59. The Morgan fingerprint density at radius 3 is 2.67 bits per heavy atom. The third-order valence-corrected chi connectivity index (χ3v) is 3.62. The zero-order valence-corrected chi connectivity index (χ0v) is 11.3. The van der Waals surface area contributed by atoms with E-state index in [4.69, 9.17) is 12.2 Å². The quantitative estimate of drug-likeness (QED) is 0.849. The van der Waals surface area contributed by atoms with Gasteiger partial charge in [0.15, 0.2) is 10.6 Å². The van der Waals surface area contributed by atoms with Gasteiger partial charge in [-0.25, -0.2) is 8.42 Å². The van der Waals surface area contributed by atoms with Crippen molar-refractivity contribution in [1.29, 1.82) is 0 Å². The van der Waals surface area contributed by atoms with Gasteiger partial charge in [-0.05, 0) is 24.4 Å². The van der Waals surface area contributed by atoms with Crippen LogP contribution in [0.4, 0.5) is 0 Å². The third-order valence-electron chi connectivity index (χ3n) is 2.38. The van der Waals surface area contributed by atoms with Crippen molar-refractivity contribution in [2.24, 2.45) is 0 Å². The van der Waals surface area contributed by atoms with E-state index in [0.29, 0.717) is 10.6 Å². The Kier molecular flexibility index (Phi) is 3.58. The first-order valence-electron chi connectivity index (χ1n) is 5.21. The highest BCUT2D eigenvalue weighted by molar-refractivity contribution is 7.90. The molecule has 0 fully saturated rings. The normalized spacial score (nSPS) is 11.6. The zero-order valence-electron chi connectivity index (χ0n) is 9.70. The number of pyridine rings is 1. The number of nitrogens with one attached hydrogen (secondary N) is 1. The molecular formula is C10H12N4O2S2. The lowest BCUT2D eigenvalue weighted by Crippen LogP contribution is -2.12. The number of hydrogen-bond donors (Lipinski definition) is 1. The maximum Gasteiger partial charge on any atom is 0.195 e. The van der Waals surface area contributed by atoms with Gasteiger partial charge >= 0.3 is 0 Å². The van der Waals surface area contributed by atoms with Gasteiger partial charge in [0, 0.05) is 30.8 Å². The molecule has 0 aliphatic heterocycles. The second kappa shape index (κ2) is 4.99. The molecule has 2 heterocycles. The van der Waals surface area contributed by atoms with Crippen molar-refractivity contribution >= 4 is 22.1 Å². The maximum absolute atomic E-state index is 11.2. The Bertz CT molecular complexity index is 688. The van der Waals surface area contributed by atoms with E-state index in [1.807, 2.05) is 0 Å². The first kappa shape index (κ1) is 12.9. The monoisotopic (exact) mass is 284 g/mol. The van der Waals surface area contributed by atoms with E-state index in [2.05, 4.69) is 15.2 Å². The minimum atomic E-state index is -3.04. The van der Waals surface area contributed by atoms with Crippen molar-refractivity contribution in [2.75, 3.05) is 12.0 Å². The summed E-state index contributed by atoms with van der Waals surface area (Å²) >= 11 is 5.10. The average Bonchev–Trinajstić information content (AvgIpc) is 2.68. The van der Waals surface area contributed by atoms with E-state index in [9.17, 15) is 8.42 Å². The van der Waals surface area contributed by atoms with Crippen molar-refractivity contribution in [3.05, 3.63) is 29.3 Å². The first-order valence-corrected chi connectivity index (χ1v) is 7.67. The number of sulfone groups is 1. The summed E-state index contributed by atoms with van der Waals surface area (Å²) in [5.41, 5.74) is 0.839. The molecule has 2 aromatic heterocycles. The van der Waals surface area contributed by atoms with Crippen molar-refractivity contribution in [2.45, 2.75) is 6.54 Å². The molecule has 2 rings (SSSR count). The molecule has 6 nitrogen and oxygen atoms in total. The van der Waals surface area contributed by atoms with Gasteiger partial charge in [0.2, 0.25) is 0 Å². The SMILES string of the molecule is CS(=O)(=O)CCn1c(-c2ccncc2)n[nH]c1=S. The largest absolute Gasteiger partial charge is 0.299 e. The maximum atomic E-state index is 11.2. The Morgan fingerprint density at radius 2 is 2.06 bits per heavy atom. The first-order chi connectivity index (χ1) is 8.47. The lowest BCUT2D eigenvalue weighted by molar-refractivity contribution is 0.594. The summed E-state index contributed by atoms with van der Waals surface area (Å²) < 4.78 is 24.5. The number of rotatable bonds is 4. The van der Waals surface area contributed by atoms with E-state index < -0.39 is 9.84 Å². The molecule has 1 N–H and O–H groups in total. The summed E-state index contributed by atoms with van der Waals surface area (Å²) in [6.07, 6.45) is 4.49. The molecule has 18 heavy (non-hydrogen) atoms. The van der Waals surface area contributed by atoms with Crippen LogP contribution < -0.4 is 0 Å². The molecule has 0 radical (unpaired) electrons. The number of hydrogen-bond acceptors (Lipinski definition) is 5. The summed E-state index contributed by atoms with van der Waals surface area (Å²) in [7, 11) is -3.04. The van der Waals surface area contributed by atoms with Crippen molar-refractivity contribution in [1.82, 2.24) is 19.7 Å². The highest BCUT2D eigenvalue weighted by Crippen LogP contribution is 2.15. The molecule has 0 atom stereocenters. The molecule has 0 bridgehead atoms. The third kappa shape index (κ3) is 3.02. The fourth-order valence-electron chi connectivity index (χ4n) is 1.50. The van der Waals surface area contributed by atoms with Crippen LogP contribution in [0, 0.1) is 4.77 Å². The molecule has 0 unspecified atom stereocenters. The van der Waals surface area contributed by atoms with Gasteiger partial charge in [-0.2, -0.15) is 5.10 Å². The van der Waals surface area contributed by atoms with E-state index >= 15 is 0 Å². The summed E-state index contributed by atoms with van der Waals surface area (Å²) in [5, 5.41) is 6.78. The van der Waals surface area contributed by atoms with Crippen LogP contribution in [0.15, 0.2) is 24.5 Å². The number of aromatic amines is 1. The minimum Gasteiger partial charge on any atom is -0.299 e. The second-order valence-corrected chi connectivity index (χ2v) is 6.52. The Morgan fingerprint density at radius 1 is 1.39 bits per heavy atom. The predicted octanol–water partition coefficient (Wildman–Crippen LogP) is 1.05. The van der Waals surface area contributed by atoms with E-state index in [-0.39, 0.29) is 12.3 Å². The van der Waals surface area contributed by atoms with Gasteiger partial charge in [-0.15, -0.1) is 0 Å². The minimum absolute atomic E-state index is 0.0267. The number of nitrogens with zero attached hydrogens (tertiary/aromatic N) is 3. The van der Waals surface area contributed by atoms with Crippen LogP contribution in [0.3, 0.4) is 0 Å². The van der Waals surface area contributed by atoms with Gasteiger partial charge in [-0.1, -0.05) is 0 Å². The molecule has 8 heteroatoms. The zero-order chi connectivity index (χ0) is 13.2. The fraction of sp³-hybridized carbons (Fsp3) is 0.300. The van der Waals surface area contributed by atoms with Crippen molar-refractivity contribution in [3.63, 3.8) is 0 Å². The predicted molar refractivity (Wildman–Crippen MR) is 70.4 cm³/mol. The van der Waals surface area contributed by atoms with E-state index in [0.717, 1.165) is 5.56 Å². The van der Waals surface area contributed by atoms with Crippen LogP contribution in [0.25, 0.3) is 11.4 Å². The molecule has 2 aromatic rings. The van der Waals surface area contributed by atoms with E-state index in [1.54, 1.807) is 29.1 Å². The molecule has 0 aromatic carbocycles. The summed E-state index contributed by atoms with van der Waals surface area (Å²) in [6.45, 7) is 0.284. The van der Waals surface area contributed by atoms with E-state index in [1.165, 1.54) is 6.26 Å². The van der Waals surface area contributed by atoms with Crippen LogP contribution >= 0.6 is 12.2 Å². The molecule has 0 aliphatic rings. The molecule has 0 aliphatic carbocycles. The molecule has 0 saturated heterocycles. The van der Waals surface area contributed by atoms with Crippen LogP contribution in [0.1, 0.15) is 0 Å². The summed E-state index contributed by atoms with van der Waals surface area (Å²) in [5.74, 6) is 0.643. The standard InChI is InChI=1S/C10H12N4O2S2/c1-18(15,16)7-6-14-9(12-13-10(14)17)8-2-4-11-5-3-8/h2-5H,6-7H2,1H3,(H,13,17). The van der Waals surface area contributed by atoms with Gasteiger partial charge in [0.1, 0.15) is 9.84 Å². The fourth-order valence-corrected chi connectivity index (χ4v) is 2.24. The lowest BCUT2D eigenvalue weighted by atomic mass is 10.2. The molecule has 0 amide bonds. The van der Waals surface area contributed by atoms with Crippen molar-refractivity contribution in [3.8, 4) is 11.4 Å². The Hall–Kier alpha value is -1.54. The average molecular weight is 284 g/mol. The van der Waals surface area contributed by atoms with Gasteiger partial charge in [-0.3, -0.25) is 14.6 Å². The van der Waals surface area contributed by atoms with Crippen molar-refractivity contribution < 1.29 is 8.42 Å². The number of aromatic nitrogens is 4. The van der Waals surface area contributed by atoms with Crippen LogP contribution in [-0.2, 0) is 16.4 Å².